The SMILES string of the molecule is O=S(=O)(c1ccc(Cl)c(C(F)(F)F)c1)N1CC(n2cc(COc3ccccc3)nn2)C1. The lowest BCUT2D eigenvalue weighted by atomic mass is 10.2. The predicted octanol–water partition coefficient (Wildman–Crippen LogP) is 3.77. The molecule has 7 nitrogen and oxygen atoms in total. The van der Waals surface area contributed by atoms with Crippen molar-refractivity contribution in [2.45, 2.75) is 23.7 Å². The van der Waals surface area contributed by atoms with Crippen LogP contribution in [-0.4, -0.2) is 40.8 Å². The van der Waals surface area contributed by atoms with Crippen molar-refractivity contribution in [3.63, 3.8) is 0 Å². The minimum absolute atomic E-state index is 0.0641. The Morgan fingerprint density at radius 3 is 2.52 bits per heavy atom. The van der Waals surface area contributed by atoms with Gasteiger partial charge in [-0.25, -0.2) is 13.1 Å². The van der Waals surface area contributed by atoms with Crippen LogP contribution in [0.4, 0.5) is 13.2 Å². The summed E-state index contributed by atoms with van der Waals surface area (Å²) in [7, 11) is -4.09. The Morgan fingerprint density at radius 1 is 1.13 bits per heavy atom. The number of ether oxygens (including phenoxy) is 1. The van der Waals surface area contributed by atoms with E-state index in [1.807, 2.05) is 18.2 Å². The van der Waals surface area contributed by atoms with Crippen LogP contribution < -0.4 is 4.74 Å². The normalized spacial score (nSPS) is 15.6. The molecule has 0 bridgehead atoms. The molecule has 1 aromatic heterocycles. The first kappa shape index (κ1) is 21.6. The minimum atomic E-state index is -4.75. The van der Waals surface area contributed by atoms with Crippen molar-refractivity contribution in [1.82, 2.24) is 19.3 Å². The summed E-state index contributed by atoms with van der Waals surface area (Å²) in [6.45, 7) is 0.326. The van der Waals surface area contributed by atoms with Crippen molar-refractivity contribution in [2.75, 3.05) is 13.1 Å². The van der Waals surface area contributed by atoms with Crippen LogP contribution in [0.5, 0.6) is 5.75 Å². The summed E-state index contributed by atoms with van der Waals surface area (Å²) in [4.78, 5) is -0.460. The van der Waals surface area contributed by atoms with E-state index in [4.69, 9.17) is 16.3 Å². The summed E-state index contributed by atoms with van der Waals surface area (Å²) in [5.74, 6) is 0.680. The highest BCUT2D eigenvalue weighted by Gasteiger charge is 2.40. The van der Waals surface area contributed by atoms with Crippen LogP contribution in [0.2, 0.25) is 5.02 Å². The lowest BCUT2D eigenvalue weighted by molar-refractivity contribution is -0.137. The molecule has 0 saturated carbocycles. The summed E-state index contributed by atoms with van der Waals surface area (Å²) in [5.41, 5.74) is -0.621. The molecule has 0 spiro atoms. The standard InChI is InChI=1S/C19H16ClF3N4O3S/c20-18-7-6-16(8-17(18)19(21,22)23)31(28,29)26-10-14(11-26)27-9-13(24-25-27)12-30-15-4-2-1-3-5-15/h1-9,14H,10-12H2. The largest absolute Gasteiger partial charge is 0.487 e. The Bertz CT molecular complexity index is 1180. The summed E-state index contributed by atoms with van der Waals surface area (Å²) < 4.78 is 72.7. The first-order chi connectivity index (χ1) is 14.6. The average molecular weight is 473 g/mol. The van der Waals surface area contributed by atoms with E-state index in [1.54, 1.807) is 18.3 Å². The lowest BCUT2D eigenvalue weighted by Gasteiger charge is -2.37. The Kier molecular flexibility index (Phi) is 5.67. The summed E-state index contributed by atoms with van der Waals surface area (Å²) in [5, 5.41) is 7.45. The first-order valence-electron chi connectivity index (χ1n) is 9.10. The van der Waals surface area contributed by atoms with Gasteiger partial charge in [0, 0.05) is 13.1 Å². The molecule has 0 radical (unpaired) electrons. The van der Waals surface area contributed by atoms with Gasteiger partial charge in [-0.15, -0.1) is 5.10 Å². The third kappa shape index (κ3) is 4.53. The number of aromatic nitrogens is 3. The number of sulfonamides is 1. The Labute approximate surface area is 181 Å². The van der Waals surface area contributed by atoms with Gasteiger partial charge in [-0.3, -0.25) is 0 Å². The molecule has 2 aromatic carbocycles. The molecule has 1 fully saturated rings. The second-order valence-corrected chi connectivity index (χ2v) is 9.25. The fourth-order valence-corrected chi connectivity index (χ4v) is 4.81. The van der Waals surface area contributed by atoms with E-state index < -0.39 is 31.7 Å². The molecule has 4 rings (SSSR count). The van der Waals surface area contributed by atoms with Crippen molar-refractivity contribution >= 4 is 21.6 Å². The zero-order chi connectivity index (χ0) is 22.2. The van der Waals surface area contributed by atoms with Crippen LogP contribution >= 0.6 is 11.6 Å². The molecule has 1 aliphatic rings. The van der Waals surface area contributed by atoms with Crippen LogP contribution in [0.25, 0.3) is 0 Å². The number of benzene rings is 2. The fourth-order valence-electron chi connectivity index (χ4n) is 3.04. The van der Waals surface area contributed by atoms with E-state index in [0.29, 0.717) is 17.5 Å². The third-order valence-electron chi connectivity index (χ3n) is 4.77. The first-order valence-corrected chi connectivity index (χ1v) is 10.9. The average Bonchev–Trinajstić information content (AvgIpc) is 3.13. The number of alkyl halides is 3. The summed E-state index contributed by atoms with van der Waals surface area (Å²) in [6, 6.07) is 11.4. The van der Waals surface area contributed by atoms with Crippen molar-refractivity contribution in [3.05, 3.63) is 71.0 Å². The van der Waals surface area contributed by atoms with Gasteiger partial charge in [0.25, 0.3) is 0 Å². The molecule has 0 unspecified atom stereocenters. The van der Waals surface area contributed by atoms with Crippen LogP contribution in [0, 0.1) is 0 Å². The number of nitrogens with zero attached hydrogens (tertiary/aromatic N) is 4. The second kappa shape index (κ2) is 8.13. The van der Waals surface area contributed by atoms with Gasteiger partial charge < -0.3 is 4.74 Å². The number of rotatable bonds is 6. The molecule has 31 heavy (non-hydrogen) atoms. The molecule has 0 N–H and O–H groups in total. The zero-order valence-corrected chi connectivity index (χ0v) is 17.4. The Hall–Kier alpha value is -2.63. The maximum Gasteiger partial charge on any atom is 0.417 e. The molecule has 0 aliphatic carbocycles. The number of para-hydroxylation sites is 1. The van der Waals surface area contributed by atoms with Gasteiger partial charge in [-0.2, -0.15) is 17.5 Å². The van der Waals surface area contributed by atoms with Gasteiger partial charge in [0.15, 0.2) is 0 Å². The highest BCUT2D eigenvalue weighted by molar-refractivity contribution is 7.89. The van der Waals surface area contributed by atoms with Crippen LogP contribution in [-0.2, 0) is 22.8 Å². The van der Waals surface area contributed by atoms with Crippen LogP contribution in [0.15, 0.2) is 59.6 Å². The number of hydrogen-bond donors (Lipinski definition) is 0. The van der Waals surface area contributed by atoms with Gasteiger partial charge >= 0.3 is 6.18 Å². The van der Waals surface area contributed by atoms with Crippen LogP contribution in [0.3, 0.4) is 0 Å². The van der Waals surface area contributed by atoms with E-state index in [2.05, 4.69) is 10.3 Å². The molecule has 12 heteroatoms. The smallest absolute Gasteiger partial charge is 0.417 e. The van der Waals surface area contributed by atoms with Crippen molar-refractivity contribution in [2.24, 2.45) is 0 Å². The molecule has 0 atom stereocenters. The Morgan fingerprint density at radius 2 is 1.84 bits per heavy atom. The van der Waals surface area contributed by atoms with E-state index in [9.17, 15) is 21.6 Å². The van der Waals surface area contributed by atoms with Crippen LogP contribution in [0.1, 0.15) is 17.3 Å². The highest BCUT2D eigenvalue weighted by atomic mass is 35.5. The van der Waals surface area contributed by atoms with Gasteiger partial charge in [0.2, 0.25) is 10.0 Å². The predicted molar refractivity (Wildman–Crippen MR) is 105 cm³/mol. The quantitative estimate of drug-likeness (QED) is 0.545. The number of halogens is 4. The van der Waals surface area contributed by atoms with Gasteiger partial charge in [-0.1, -0.05) is 35.0 Å². The molecule has 1 aliphatic heterocycles. The van der Waals surface area contributed by atoms with Crippen molar-refractivity contribution < 1.29 is 26.3 Å². The maximum absolute atomic E-state index is 13.0. The van der Waals surface area contributed by atoms with E-state index in [-0.39, 0.29) is 25.7 Å². The molecule has 3 aromatic rings. The lowest BCUT2D eigenvalue weighted by Crippen LogP contribution is -2.50. The second-order valence-electron chi connectivity index (χ2n) is 6.91. The molecule has 2 heterocycles. The monoisotopic (exact) mass is 472 g/mol. The molecular weight excluding hydrogens is 457 g/mol. The van der Waals surface area contributed by atoms with Crippen molar-refractivity contribution in [1.29, 1.82) is 0 Å². The minimum Gasteiger partial charge on any atom is -0.487 e. The van der Waals surface area contributed by atoms with E-state index >= 15 is 0 Å². The van der Waals surface area contributed by atoms with Gasteiger partial charge in [0.1, 0.15) is 18.1 Å². The summed E-state index contributed by atoms with van der Waals surface area (Å²) >= 11 is 5.57. The van der Waals surface area contributed by atoms with Gasteiger partial charge in [-0.05, 0) is 30.3 Å². The fraction of sp³-hybridized carbons (Fsp3) is 0.263. The molecule has 0 amide bonds. The van der Waals surface area contributed by atoms with E-state index in [1.165, 1.54) is 4.68 Å². The Balaban J connectivity index is 1.40. The number of hydrogen-bond acceptors (Lipinski definition) is 5. The zero-order valence-electron chi connectivity index (χ0n) is 15.8. The molecule has 164 valence electrons. The van der Waals surface area contributed by atoms with E-state index in [0.717, 1.165) is 16.4 Å². The maximum atomic E-state index is 13.0. The summed E-state index contributed by atoms with van der Waals surface area (Å²) in [6.07, 6.45) is -3.10. The van der Waals surface area contributed by atoms with Gasteiger partial charge in [0.05, 0.1) is 27.7 Å². The molecular formula is C19H16ClF3N4O3S. The van der Waals surface area contributed by atoms with Crippen molar-refractivity contribution in [3.8, 4) is 5.75 Å². The third-order valence-corrected chi connectivity index (χ3v) is 6.93. The topological polar surface area (TPSA) is 77.3 Å². The highest BCUT2D eigenvalue weighted by Crippen LogP contribution is 2.37. The molecule has 1 saturated heterocycles.